The van der Waals surface area contributed by atoms with Gasteiger partial charge in [-0.1, -0.05) is 5.21 Å². The van der Waals surface area contributed by atoms with Crippen LogP contribution < -0.4 is 10.6 Å². The Bertz CT molecular complexity index is 470. The molecule has 10 nitrogen and oxygen atoms in total. The van der Waals surface area contributed by atoms with Gasteiger partial charge in [-0.2, -0.15) is 5.21 Å². The second kappa shape index (κ2) is 5.82. The lowest BCUT2D eigenvalue weighted by molar-refractivity contribution is -0.148. The van der Waals surface area contributed by atoms with Crippen molar-refractivity contribution in [3.63, 3.8) is 0 Å². The monoisotopic (exact) mass is 284 g/mol. The van der Waals surface area contributed by atoms with Crippen molar-refractivity contribution in [1.29, 1.82) is 0 Å². The number of ether oxygens (including phenoxy) is 1. The third-order valence-corrected chi connectivity index (χ3v) is 3.21. The quantitative estimate of drug-likeness (QED) is 0.566. The Balaban J connectivity index is 1.97. The van der Waals surface area contributed by atoms with Crippen molar-refractivity contribution in [2.24, 2.45) is 0 Å². The van der Waals surface area contributed by atoms with Crippen molar-refractivity contribution < 1.29 is 19.4 Å². The summed E-state index contributed by atoms with van der Waals surface area (Å²) in [5.41, 5.74) is -1.29. The number of carboxylic acids is 1. The number of aliphatic carboxylic acids is 1. The molecule has 1 unspecified atom stereocenters. The number of rotatable bonds is 4. The summed E-state index contributed by atoms with van der Waals surface area (Å²) < 4.78 is 5.13. The van der Waals surface area contributed by atoms with Gasteiger partial charge in [-0.3, -0.25) is 0 Å². The van der Waals surface area contributed by atoms with Gasteiger partial charge in [0.15, 0.2) is 5.82 Å². The zero-order valence-electron chi connectivity index (χ0n) is 10.9. The molecule has 1 aromatic heterocycles. The Morgan fingerprint density at radius 2 is 2.15 bits per heavy atom. The van der Waals surface area contributed by atoms with E-state index < -0.39 is 23.6 Å². The number of carbonyl (C=O) groups excluding carboxylic acids is 1. The van der Waals surface area contributed by atoms with E-state index in [4.69, 9.17) is 4.74 Å². The van der Waals surface area contributed by atoms with Crippen molar-refractivity contribution in [2.45, 2.75) is 31.3 Å². The second-order valence-corrected chi connectivity index (χ2v) is 4.59. The van der Waals surface area contributed by atoms with Crippen LogP contribution >= 0.6 is 0 Å². The highest BCUT2D eigenvalue weighted by molar-refractivity contribution is 5.86. The minimum Gasteiger partial charge on any atom is -0.480 e. The summed E-state index contributed by atoms with van der Waals surface area (Å²) in [5, 5.41) is 27.5. The maximum Gasteiger partial charge on any atom is 0.329 e. The Kier molecular flexibility index (Phi) is 4.13. The van der Waals surface area contributed by atoms with E-state index in [1.165, 1.54) is 0 Å². The van der Waals surface area contributed by atoms with Gasteiger partial charge in [0.05, 0.1) is 6.04 Å². The van der Waals surface area contributed by atoms with E-state index in [1.54, 1.807) is 6.92 Å². The van der Waals surface area contributed by atoms with Gasteiger partial charge in [0.25, 0.3) is 0 Å². The second-order valence-electron chi connectivity index (χ2n) is 4.59. The van der Waals surface area contributed by atoms with Crippen LogP contribution in [0.5, 0.6) is 0 Å². The molecular weight excluding hydrogens is 268 g/mol. The van der Waals surface area contributed by atoms with E-state index in [9.17, 15) is 14.7 Å². The largest absolute Gasteiger partial charge is 0.480 e. The minimum atomic E-state index is -1.29. The first kappa shape index (κ1) is 14.2. The topological polar surface area (TPSA) is 142 Å². The number of H-pyrrole nitrogens is 1. The van der Waals surface area contributed by atoms with Crippen LogP contribution in [0.4, 0.5) is 4.79 Å². The van der Waals surface area contributed by atoms with Gasteiger partial charge in [-0.15, -0.1) is 10.2 Å². The Hall–Kier alpha value is -2.23. The average molecular weight is 284 g/mol. The van der Waals surface area contributed by atoms with E-state index in [0.717, 1.165) is 0 Å². The van der Waals surface area contributed by atoms with Crippen molar-refractivity contribution in [1.82, 2.24) is 31.3 Å². The molecule has 20 heavy (non-hydrogen) atoms. The number of carboxylic acid groups (broad SMARTS) is 1. The van der Waals surface area contributed by atoms with Crippen LogP contribution in [-0.4, -0.2) is 56.5 Å². The Morgan fingerprint density at radius 3 is 2.70 bits per heavy atom. The van der Waals surface area contributed by atoms with Crippen LogP contribution in [0.3, 0.4) is 0 Å². The van der Waals surface area contributed by atoms with Crippen molar-refractivity contribution in [3.05, 3.63) is 5.82 Å². The Labute approximate surface area is 114 Å². The fraction of sp³-hybridized carbons (Fsp3) is 0.700. The molecule has 2 amide bonds. The normalized spacial score (nSPS) is 19.1. The minimum absolute atomic E-state index is 0.229. The molecule has 10 heteroatoms. The highest BCUT2D eigenvalue weighted by atomic mass is 16.5. The van der Waals surface area contributed by atoms with Gasteiger partial charge in [0.2, 0.25) is 0 Å². The number of nitrogens with one attached hydrogen (secondary N) is 3. The van der Waals surface area contributed by atoms with Crippen molar-refractivity contribution >= 4 is 12.0 Å². The third kappa shape index (κ3) is 3.02. The molecule has 110 valence electrons. The molecule has 0 bridgehead atoms. The maximum absolute atomic E-state index is 11.9. The van der Waals surface area contributed by atoms with E-state index in [0.29, 0.717) is 19.0 Å². The molecule has 4 N–H and O–H groups in total. The predicted octanol–water partition coefficient (Wildman–Crippen LogP) is -0.806. The van der Waals surface area contributed by atoms with E-state index in [2.05, 4.69) is 31.3 Å². The van der Waals surface area contributed by atoms with Crippen LogP contribution in [0.15, 0.2) is 0 Å². The van der Waals surface area contributed by atoms with Gasteiger partial charge in [-0.05, 0) is 6.92 Å². The molecule has 1 aliphatic rings. The fourth-order valence-corrected chi connectivity index (χ4v) is 1.98. The van der Waals surface area contributed by atoms with Crippen LogP contribution in [0.2, 0.25) is 0 Å². The first-order valence-electron chi connectivity index (χ1n) is 6.17. The summed E-state index contributed by atoms with van der Waals surface area (Å²) in [4.78, 5) is 23.3. The molecule has 1 atom stereocenters. The zero-order chi connectivity index (χ0) is 14.6. The summed E-state index contributed by atoms with van der Waals surface area (Å²) in [6.45, 7) is 2.27. The summed E-state index contributed by atoms with van der Waals surface area (Å²) in [6, 6.07) is -1.08. The zero-order valence-corrected chi connectivity index (χ0v) is 10.9. The lowest BCUT2D eigenvalue weighted by atomic mass is 9.90. The molecule has 0 aliphatic carbocycles. The van der Waals surface area contributed by atoms with Crippen LogP contribution in [0.25, 0.3) is 0 Å². The number of amides is 2. The fourth-order valence-electron chi connectivity index (χ4n) is 1.98. The molecule has 1 saturated heterocycles. The third-order valence-electron chi connectivity index (χ3n) is 3.21. The van der Waals surface area contributed by atoms with E-state index in [1.807, 2.05) is 0 Å². The number of urea groups is 1. The van der Waals surface area contributed by atoms with Gasteiger partial charge in [-0.25, -0.2) is 9.59 Å². The molecule has 0 saturated carbocycles. The van der Waals surface area contributed by atoms with Crippen molar-refractivity contribution in [2.75, 3.05) is 13.2 Å². The summed E-state index contributed by atoms with van der Waals surface area (Å²) in [6.07, 6.45) is 0.457. The average Bonchev–Trinajstić information content (AvgIpc) is 2.93. The number of nitrogens with zero attached hydrogens (tertiary/aromatic N) is 3. The maximum atomic E-state index is 11.9. The van der Waals surface area contributed by atoms with Gasteiger partial charge in [0, 0.05) is 26.1 Å². The molecule has 0 spiro atoms. The highest BCUT2D eigenvalue weighted by Gasteiger charge is 2.41. The smallest absolute Gasteiger partial charge is 0.329 e. The molecule has 2 heterocycles. The van der Waals surface area contributed by atoms with Gasteiger partial charge < -0.3 is 20.5 Å². The Morgan fingerprint density at radius 1 is 1.45 bits per heavy atom. The number of aromatic amines is 1. The standard InChI is InChI=1S/C10H16N6O4/c1-6(7-13-15-16-14-7)11-9(19)12-10(8(17)18)2-4-20-5-3-10/h6H,2-5H2,1H3,(H,17,18)(H2,11,12,19)(H,13,14,15,16). The van der Waals surface area contributed by atoms with E-state index in [-0.39, 0.29) is 12.8 Å². The van der Waals surface area contributed by atoms with Crippen LogP contribution in [0.1, 0.15) is 31.6 Å². The number of aromatic nitrogens is 4. The first-order valence-corrected chi connectivity index (χ1v) is 6.17. The molecular formula is C10H16N6O4. The van der Waals surface area contributed by atoms with Gasteiger partial charge in [0.1, 0.15) is 5.54 Å². The van der Waals surface area contributed by atoms with E-state index >= 15 is 0 Å². The number of carbonyl (C=O) groups is 2. The summed E-state index contributed by atoms with van der Waals surface area (Å²) in [7, 11) is 0. The molecule has 0 radical (unpaired) electrons. The molecule has 1 fully saturated rings. The number of hydrogen-bond acceptors (Lipinski definition) is 6. The molecule has 1 aromatic rings. The molecule has 2 rings (SSSR count). The predicted molar refractivity (Wildman–Crippen MR) is 64.7 cm³/mol. The number of tetrazole rings is 1. The summed E-state index contributed by atoms with van der Waals surface area (Å²) >= 11 is 0. The SMILES string of the molecule is CC(NC(=O)NC1(C(=O)O)CCOCC1)c1nn[nH]n1. The number of hydrogen-bond donors (Lipinski definition) is 4. The van der Waals surface area contributed by atoms with Crippen LogP contribution in [-0.2, 0) is 9.53 Å². The molecule has 1 aliphatic heterocycles. The first-order chi connectivity index (χ1) is 9.53. The van der Waals surface area contributed by atoms with Crippen molar-refractivity contribution in [3.8, 4) is 0 Å². The summed E-state index contributed by atoms with van der Waals surface area (Å²) in [5.74, 6) is -0.750. The molecule has 0 aromatic carbocycles. The lowest BCUT2D eigenvalue weighted by Crippen LogP contribution is -2.59. The van der Waals surface area contributed by atoms with Crippen LogP contribution in [0, 0.1) is 0 Å². The highest BCUT2D eigenvalue weighted by Crippen LogP contribution is 2.21. The van der Waals surface area contributed by atoms with Gasteiger partial charge >= 0.3 is 12.0 Å². The lowest BCUT2D eigenvalue weighted by Gasteiger charge is -2.34.